The third-order valence-electron chi connectivity index (χ3n) is 2.71. The van der Waals surface area contributed by atoms with Crippen molar-refractivity contribution in [3.8, 4) is 0 Å². The van der Waals surface area contributed by atoms with Crippen LogP contribution in [0.4, 0.5) is 0 Å². The molecule has 1 aromatic heterocycles. The number of likely N-dealkylation sites (N-methyl/N-ethyl adjacent to an activating group) is 1. The summed E-state index contributed by atoms with van der Waals surface area (Å²) in [6.07, 6.45) is 2.09. The van der Waals surface area contributed by atoms with Gasteiger partial charge in [-0.15, -0.1) is 11.3 Å². The average Bonchev–Trinajstić information content (AvgIpc) is 2.88. The Hall–Kier alpha value is -0.870. The Morgan fingerprint density at radius 2 is 2.60 bits per heavy atom. The van der Waals surface area contributed by atoms with Crippen LogP contribution >= 0.6 is 11.3 Å². The van der Waals surface area contributed by atoms with E-state index in [1.807, 2.05) is 23.4 Å². The summed E-state index contributed by atoms with van der Waals surface area (Å²) in [5.74, 6) is 0.223. The summed E-state index contributed by atoms with van der Waals surface area (Å²) >= 11 is 1.70. The van der Waals surface area contributed by atoms with Crippen molar-refractivity contribution in [3.63, 3.8) is 0 Å². The molecule has 82 valence electrons. The van der Waals surface area contributed by atoms with E-state index in [2.05, 4.69) is 11.4 Å². The van der Waals surface area contributed by atoms with Gasteiger partial charge >= 0.3 is 0 Å². The number of nitrogens with one attached hydrogen (secondary N) is 1. The topological polar surface area (TPSA) is 32.3 Å². The number of carbonyl (C=O) groups excluding carboxylic acids is 1. The molecular formula is C11H16N2OS. The third-order valence-corrected chi connectivity index (χ3v) is 3.57. The number of nitrogens with zero attached hydrogens (tertiary/aromatic N) is 1. The van der Waals surface area contributed by atoms with Crippen LogP contribution in [0.25, 0.3) is 0 Å². The first-order chi connectivity index (χ1) is 7.27. The molecule has 1 fully saturated rings. The summed E-state index contributed by atoms with van der Waals surface area (Å²) in [5.41, 5.74) is 0. The Morgan fingerprint density at radius 3 is 3.20 bits per heavy atom. The molecule has 1 N–H and O–H groups in total. The van der Waals surface area contributed by atoms with Crippen LogP contribution in [0.1, 0.15) is 17.7 Å². The predicted molar refractivity (Wildman–Crippen MR) is 61.8 cm³/mol. The first-order valence-electron chi connectivity index (χ1n) is 5.28. The second-order valence-electron chi connectivity index (χ2n) is 3.92. The molecular weight excluding hydrogens is 208 g/mol. The normalized spacial score (nSPS) is 20.5. The highest BCUT2D eigenvalue weighted by atomic mass is 32.1. The van der Waals surface area contributed by atoms with Gasteiger partial charge in [0.2, 0.25) is 5.91 Å². The maximum Gasteiger partial charge on any atom is 0.239 e. The number of hydrogen-bond donors (Lipinski definition) is 1. The minimum Gasteiger partial charge on any atom is -0.339 e. The van der Waals surface area contributed by atoms with Crippen molar-refractivity contribution < 1.29 is 4.79 Å². The molecule has 0 bridgehead atoms. The molecule has 0 saturated carbocycles. The van der Waals surface area contributed by atoms with Gasteiger partial charge in [0, 0.05) is 11.9 Å². The molecule has 1 atom stereocenters. The average molecular weight is 224 g/mol. The van der Waals surface area contributed by atoms with Crippen molar-refractivity contribution in [1.82, 2.24) is 10.2 Å². The summed E-state index contributed by atoms with van der Waals surface area (Å²) in [5, 5.41) is 5.27. The fraction of sp³-hybridized carbons (Fsp3) is 0.545. The zero-order valence-electron chi connectivity index (χ0n) is 8.90. The van der Waals surface area contributed by atoms with Crippen molar-refractivity contribution in [1.29, 1.82) is 0 Å². The van der Waals surface area contributed by atoms with Gasteiger partial charge in [-0.3, -0.25) is 4.79 Å². The molecule has 0 spiro atoms. The molecule has 1 aliphatic heterocycles. The van der Waals surface area contributed by atoms with E-state index in [1.165, 1.54) is 4.88 Å². The molecule has 1 amide bonds. The van der Waals surface area contributed by atoms with Gasteiger partial charge in [-0.2, -0.15) is 0 Å². The highest BCUT2D eigenvalue weighted by Crippen LogP contribution is 2.13. The lowest BCUT2D eigenvalue weighted by Crippen LogP contribution is -2.41. The predicted octanol–water partition coefficient (Wildman–Crippen LogP) is 1.46. The lowest BCUT2D eigenvalue weighted by Gasteiger charge is -2.20. The molecule has 1 saturated heterocycles. The monoisotopic (exact) mass is 224 g/mol. The third kappa shape index (κ3) is 2.58. The van der Waals surface area contributed by atoms with E-state index in [4.69, 9.17) is 0 Å². The van der Waals surface area contributed by atoms with Gasteiger partial charge in [0.25, 0.3) is 0 Å². The molecule has 2 rings (SSSR count). The number of hydrogen-bond acceptors (Lipinski definition) is 3. The maximum absolute atomic E-state index is 11.9. The van der Waals surface area contributed by atoms with Crippen LogP contribution in [0, 0.1) is 0 Å². The first kappa shape index (κ1) is 10.6. The summed E-state index contributed by atoms with van der Waals surface area (Å²) in [4.78, 5) is 15.0. The minimum atomic E-state index is 0.0509. The molecule has 1 aliphatic rings. The van der Waals surface area contributed by atoms with Crippen molar-refractivity contribution in [2.75, 3.05) is 13.6 Å². The van der Waals surface area contributed by atoms with Gasteiger partial charge in [-0.1, -0.05) is 6.07 Å². The number of amides is 1. The number of thiophene rings is 1. The maximum atomic E-state index is 11.9. The Kier molecular flexibility index (Phi) is 3.38. The van der Waals surface area contributed by atoms with E-state index in [0.29, 0.717) is 0 Å². The molecule has 2 heterocycles. The largest absolute Gasteiger partial charge is 0.339 e. The smallest absolute Gasteiger partial charge is 0.239 e. The molecule has 0 radical (unpaired) electrons. The van der Waals surface area contributed by atoms with Gasteiger partial charge in [-0.25, -0.2) is 0 Å². The second-order valence-corrected chi connectivity index (χ2v) is 4.95. The Morgan fingerprint density at radius 1 is 1.73 bits per heavy atom. The van der Waals surface area contributed by atoms with Crippen molar-refractivity contribution in [2.24, 2.45) is 0 Å². The van der Waals surface area contributed by atoms with Crippen LogP contribution < -0.4 is 5.32 Å². The summed E-state index contributed by atoms with van der Waals surface area (Å²) in [6, 6.07) is 4.14. The van der Waals surface area contributed by atoms with Gasteiger partial charge in [0.15, 0.2) is 0 Å². The van der Waals surface area contributed by atoms with Crippen molar-refractivity contribution >= 4 is 17.2 Å². The van der Waals surface area contributed by atoms with Gasteiger partial charge < -0.3 is 10.2 Å². The molecule has 0 aliphatic carbocycles. The Bertz CT molecular complexity index is 317. The van der Waals surface area contributed by atoms with Crippen LogP contribution in [-0.2, 0) is 11.3 Å². The molecule has 4 heteroatoms. The Labute approximate surface area is 94.1 Å². The molecule has 0 aromatic carbocycles. The standard InChI is InChI=1S/C11H16N2OS/c1-13(8-9-4-3-7-15-9)11(14)10-5-2-6-12-10/h3-4,7,10,12H,2,5-6,8H2,1H3/t10-/m0/s1. The van der Waals surface area contributed by atoms with Crippen LogP contribution in [0.3, 0.4) is 0 Å². The van der Waals surface area contributed by atoms with Crippen LogP contribution in [0.15, 0.2) is 17.5 Å². The summed E-state index contributed by atoms with van der Waals surface area (Å²) < 4.78 is 0. The fourth-order valence-electron chi connectivity index (χ4n) is 1.88. The van der Waals surface area contributed by atoms with Gasteiger partial charge in [0.05, 0.1) is 12.6 Å². The van der Waals surface area contributed by atoms with E-state index in [-0.39, 0.29) is 11.9 Å². The number of rotatable bonds is 3. The van der Waals surface area contributed by atoms with E-state index in [1.54, 1.807) is 11.3 Å². The quantitative estimate of drug-likeness (QED) is 0.843. The lowest BCUT2D eigenvalue weighted by molar-refractivity contribution is -0.132. The highest BCUT2D eigenvalue weighted by molar-refractivity contribution is 7.09. The van der Waals surface area contributed by atoms with Crippen LogP contribution in [0.2, 0.25) is 0 Å². The van der Waals surface area contributed by atoms with Crippen molar-refractivity contribution in [3.05, 3.63) is 22.4 Å². The highest BCUT2D eigenvalue weighted by Gasteiger charge is 2.24. The zero-order valence-corrected chi connectivity index (χ0v) is 9.72. The van der Waals surface area contributed by atoms with E-state index < -0.39 is 0 Å². The second kappa shape index (κ2) is 4.77. The molecule has 3 nitrogen and oxygen atoms in total. The van der Waals surface area contributed by atoms with Crippen LogP contribution in [-0.4, -0.2) is 30.4 Å². The lowest BCUT2D eigenvalue weighted by atomic mass is 10.2. The minimum absolute atomic E-state index is 0.0509. The summed E-state index contributed by atoms with van der Waals surface area (Å²) in [7, 11) is 1.88. The molecule has 15 heavy (non-hydrogen) atoms. The van der Waals surface area contributed by atoms with Gasteiger partial charge in [0.1, 0.15) is 0 Å². The van der Waals surface area contributed by atoms with Crippen LogP contribution in [0.5, 0.6) is 0 Å². The number of carbonyl (C=O) groups is 1. The van der Waals surface area contributed by atoms with Crippen molar-refractivity contribution in [2.45, 2.75) is 25.4 Å². The zero-order chi connectivity index (χ0) is 10.7. The molecule has 0 unspecified atom stereocenters. The fourth-order valence-corrected chi connectivity index (χ4v) is 2.63. The van der Waals surface area contributed by atoms with E-state index >= 15 is 0 Å². The van der Waals surface area contributed by atoms with E-state index in [9.17, 15) is 4.79 Å². The SMILES string of the molecule is CN(Cc1cccs1)C(=O)[C@@H]1CCCN1. The molecule has 1 aromatic rings. The van der Waals surface area contributed by atoms with E-state index in [0.717, 1.165) is 25.9 Å². The first-order valence-corrected chi connectivity index (χ1v) is 6.16. The summed E-state index contributed by atoms with van der Waals surface area (Å²) in [6.45, 7) is 1.71. The Balaban J connectivity index is 1.89. The van der Waals surface area contributed by atoms with Gasteiger partial charge in [-0.05, 0) is 30.8 Å².